The van der Waals surface area contributed by atoms with Crippen molar-refractivity contribution >= 4 is 5.91 Å². The smallest absolute Gasteiger partial charge is 0.220 e. The molecule has 0 saturated carbocycles. The maximum atomic E-state index is 13.1. The molecule has 9 heteroatoms. The predicted molar refractivity (Wildman–Crippen MR) is 341 cm³/mol. The van der Waals surface area contributed by atoms with Crippen LogP contribution in [0.1, 0.15) is 290 Å². The van der Waals surface area contributed by atoms with Gasteiger partial charge in [-0.3, -0.25) is 4.79 Å². The Morgan fingerprint density at radius 2 is 0.775 bits per heavy atom. The number of allylic oxidation sites excluding steroid dienone is 15. The van der Waals surface area contributed by atoms with Crippen molar-refractivity contribution in [2.45, 2.75) is 333 Å². The summed E-state index contributed by atoms with van der Waals surface area (Å²) >= 11 is 0. The quantitative estimate of drug-likeness (QED) is 0.0261. The van der Waals surface area contributed by atoms with Crippen molar-refractivity contribution in [1.29, 1.82) is 0 Å². The zero-order chi connectivity index (χ0) is 57.9. The van der Waals surface area contributed by atoms with E-state index in [0.717, 1.165) is 83.5 Å². The highest BCUT2D eigenvalue weighted by Gasteiger charge is 2.44. The standard InChI is InChI=1S/C71H125NO8/c1-3-5-7-9-11-13-15-17-19-21-23-24-25-26-27-28-29-30-31-32-33-34-35-36-37-38-39-40-41-42-43-45-47-49-51-53-55-57-59-61-67(75)72-64(63-79-71-70(78)69(77)68(76)66(62-73)80-71)65(74)60-58-56-54-52-50-48-46-44-22-20-18-16-14-12-10-8-6-4-2/h5,7,11,13,17,19,23-24,26-27,29-30,32-33,58,60,64-66,68-71,73-74,76-78H,3-4,6,8-10,12,14-16,18,20-22,25,28,31,34-57,59,61-63H2,1-2H3,(H,72,75)/b7-5-,13-11-,19-17-,24-23-,27-26-,30-29-,33-32-,60-58+. The van der Waals surface area contributed by atoms with Gasteiger partial charge in [0.1, 0.15) is 24.4 Å². The lowest BCUT2D eigenvalue weighted by molar-refractivity contribution is -0.302. The van der Waals surface area contributed by atoms with Gasteiger partial charge in [0.15, 0.2) is 6.29 Å². The Balaban J connectivity index is 2.10. The van der Waals surface area contributed by atoms with E-state index < -0.39 is 49.5 Å². The molecule has 1 aliphatic heterocycles. The van der Waals surface area contributed by atoms with Gasteiger partial charge in [-0.05, 0) is 77.0 Å². The van der Waals surface area contributed by atoms with E-state index >= 15 is 0 Å². The molecule has 1 heterocycles. The van der Waals surface area contributed by atoms with Crippen molar-refractivity contribution in [3.63, 3.8) is 0 Å². The first kappa shape index (κ1) is 75.1. The Bertz CT molecular complexity index is 1580. The lowest BCUT2D eigenvalue weighted by Gasteiger charge is -2.40. The first-order valence-electron chi connectivity index (χ1n) is 33.5. The number of unbranched alkanes of at least 4 members (excludes halogenated alkanes) is 33. The zero-order valence-corrected chi connectivity index (χ0v) is 51.6. The molecular weight excluding hydrogens is 995 g/mol. The van der Waals surface area contributed by atoms with E-state index in [1.54, 1.807) is 6.08 Å². The molecule has 0 spiro atoms. The summed E-state index contributed by atoms with van der Waals surface area (Å²) in [7, 11) is 0. The number of carbonyl (C=O) groups is 1. The number of aliphatic hydroxyl groups is 5. The van der Waals surface area contributed by atoms with Crippen LogP contribution in [0.2, 0.25) is 0 Å². The van der Waals surface area contributed by atoms with E-state index in [1.165, 1.54) is 186 Å². The highest BCUT2D eigenvalue weighted by molar-refractivity contribution is 5.76. The number of nitrogens with one attached hydrogen (secondary N) is 1. The SMILES string of the molecule is CC/C=C\C/C=C\C/C=C\C/C=C\C/C=C\C/C=C\C/C=C\CCCCCCCCCCCCCCCCCCCC(=O)NC(COC1OC(CO)C(O)C(O)C1O)C(O)/C=C/CCCCCCCCCCCCCCCCCC. The van der Waals surface area contributed by atoms with Gasteiger partial charge in [-0.25, -0.2) is 0 Å². The van der Waals surface area contributed by atoms with Crippen LogP contribution in [0.25, 0.3) is 0 Å². The van der Waals surface area contributed by atoms with Gasteiger partial charge in [-0.1, -0.05) is 304 Å². The number of hydrogen-bond donors (Lipinski definition) is 6. The van der Waals surface area contributed by atoms with Crippen LogP contribution in [0.5, 0.6) is 0 Å². The van der Waals surface area contributed by atoms with E-state index in [4.69, 9.17) is 9.47 Å². The number of ether oxygens (including phenoxy) is 2. The van der Waals surface area contributed by atoms with Crippen LogP contribution >= 0.6 is 0 Å². The van der Waals surface area contributed by atoms with Crippen LogP contribution < -0.4 is 5.32 Å². The molecular formula is C71H125NO8. The van der Waals surface area contributed by atoms with E-state index in [0.29, 0.717) is 6.42 Å². The minimum absolute atomic E-state index is 0.176. The Morgan fingerprint density at radius 3 is 1.15 bits per heavy atom. The Labute approximate surface area is 492 Å². The summed E-state index contributed by atoms with van der Waals surface area (Å²) in [6, 6.07) is -0.809. The normalized spacial score (nSPS) is 19.1. The lowest BCUT2D eigenvalue weighted by Crippen LogP contribution is -2.60. The minimum Gasteiger partial charge on any atom is -0.394 e. The van der Waals surface area contributed by atoms with E-state index in [-0.39, 0.29) is 12.5 Å². The summed E-state index contributed by atoms with van der Waals surface area (Å²) in [5, 5.41) is 54.6. The molecule has 462 valence electrons. The molecule has 7 unspecified atom stereocenters. The molecule has 1 amide bonds. The van der Waals surface area contributed by atoms with Gasteiger partial charge in [-0.15, -0.1) is 0 Å². The summed E-state index contributed by atoms with van der Waals surface area (Å²) in [5.41, 5.74) is 0. The molecule has 0 aliphatic carbocycles. The molecule has 80 heavy (non-hydrogen) atoms. The molecule has 0 bridgehead atoms. The Kier molecular flexibility index (Phi) is 55.7. The highest BCUT2D eigenvalue weighted by Crippen LogP contribution is 2.23. The minimum atomic E-state index is -1.57. The van der Waals surface area contributed by atoms with Crippen molar-refractivity contribution in [2.75, 3.05) is 13.2 Å². The molecule has 1 saturated heterocycles. The van der Waals surface area contributed by atoms with Gasteiger partial charge in [0.25, 0.3) is 0 Å². The molecule has 0 radical (unpaired) electrons. The molecule has 6 N–H and O–H groups in total. The van der Waals surface area contributed by atoms with E-state index in [9.17, 15) is 30.3 Å². The Morgan fingerprint density at radius 1 is 0.438 bits per heavy atom. The largest absolute Gasteiger partial charge is 0.394 e. The summed E-state index contributed by atoms with van der Waals surface area (Å²) in [6.45, 7) is 3.68. The van der Waals surface area contributed by atoms with E-state index in [2.05, 4.69) is 104 Å². The number of hydrogen-bond acceptors (Lipinski definition) is 8. The molecule has 0 aromatic carbocycles. The van der Waals surface area contributed by atoms with Gasteiger partial charge in [0, 0.05) is 6.42 Å². The number of aliphatic hydroxyl groups excluding tert-OH is 5. The molecule has 1 rings (SSSR count). The van der Waals surface area contributed by atoms with Crippen molar-refractivity contribution in [1.82, 2.24) is 5.32 Å². The van der Waals surface area contributed by atoms with Crippen LogP contribution in [0.3, 0.4) is 0 Å². The van der Waals surface area contributed by atoms with Crippen LogP contribution in [0.4, 0.5) is 0 Å². The van der Waals surface area contributed by atoms with Crippen molar-refractivity contribution in [3.05, 3.63) is 97.2 Å². The number of rotatable bonds is 57. The molecule has 1 aliphatic rings. The summed E-state index contributed by atoms with van der Waals surface area (Å²) < 4.78 is 11.3. The summed E-state index contributed by atoms with van der Waals surface area (Å²) in [4.78, 5) is 13.1. The van der Waals surface area contributed by atoms with Gasteiger partial charge < -0.3 is 40.3 Å². The average molecular weight is 1120 g/mol. The molecule has 9 nitrogen and oxygen atoms in total. The third-order valence-electron chi connectivity index (χ3n) is 15.4. The summed E-state index contributed by atoms with van der Waals surface area (Å²) in [5.74, 6) is -0.176. The van der Waals surface area contributed by atoms with Gasteiger partial charge in [0.05, 0.1) is 25.4 Å². The third-order valence-corrected chi connectivity index (χ3v) is 15.4. The highest BCUT2D eigenvalue weighted by atomic mass is 16.7. The van der Waals surface area contributed by atoms with Crippen molar-refractivity contribution < 1.29 is 39.8 Å². The van der Waals surface area contributed by atoms with Crippen LogP contribution in [0.15, 0.2) is 97.2 Å². The van der Waals surface area contributed by atoms with Gasteiger partial charge in [0.2, 0.25) is 5.91 Å². The topological polar surface area (TPSA) is 149 Å². The fraction of sp³-hybridized carbons (Fsp3) is 0.761. The monoisotopic (exact) mass is 1120 g/mol. The third kappa shape index (κ3) is 47.6. The second-order valence-corrected chi connectivity index (χ2v) is 22.9. The second-order valence-electron chi connectivity index (χ2n) is 22.9. The van der Waals surface area contributed by atoms with Crippen LogP contribution in [0, 0.1) is 0 Å². The molecule has 0 aromatic heterocycles. The maximum Gasteiger partial charge on any atom is 0.220 e. The first-order valence-corrected chi connectivity index (χ1v) is 33.5. The zero-order valence-electron chi connectivity index (χ0n) is 51.6. The fourth-order valence-electron chi connectivity index (χ4n) is 10.2. The maximum absolute atomic E-state index is 13.1. The van der Waals surface area contributed by atoms with E-state index in [1.807, 2.05) is 6.08 Å². The Hall–Kier alpha value is -2.89. The van der Waals surface area contributed by atoms with Crippen molar-refractivity contribution in [2.24, 2.45) is 0 Å². The molecule has 7 atom stereocenters. The van der Waals surface area contributed by atoms with Crippen molar-refractivity contribution in [3.8, 4) is 0 Å². The summed E-state index contributed by atoms with van der Waals surface area (Å²) in [6.07, 6.45) is 79.3. The number of amides is 1. The predicted octanol–water partition coefficient (Wildman–Crippen LogP) is 17.9. The molecule has 1 fully saturated rings. The van der Waals surface area contributed by atoms with Gasteiger partial charge in [-0.2, -0.15) is 0 Å². The first-order chi connectivity index (χ1) is 39.3. The average Bonchev–Trinajstić information content (AvgIpc) is 3.46. The molecule has 0 aromatic rings. The van der Waals surface area contributed by atoms with Crippen LogP contribution in [-0.2, 0) is 14.3 Å². The fourth-order valence-corrected chi connectivity index (χ4v) is 10.2. The van der Waals surface area contributed by atoms with Crippen LogP contribution in [-0.4, -0.2) is 87.5 Å². The van der Waals surface area contributed by atoms with Gasteiger partial charge >= 0.3 is 0 Å². The lowest BCUT2D eigenvalue weighted by atomic mass is 9.99. The second kappa shape index (κ2) is 59.3. The number of carbonyl (C=O) groups excluding carboxylic acids is 1.